The summed E-state index contributed by atoms with van der Waals surface area (Å²) in [6.07, 6.45) is 3.80. The van der Waals surface area contributed by atoms with Crippen LogP contribution in [0.3, 0.4) is 0 Å². The second-order valence-corrected chi connectivity index (χ2v) is 5.50. The highest BCUT2D eigenvalue weighted by Gasteiger charge is 2.14. The van der Waals surface area contributed by atoms with Gasteiger partial charge in [0.1, 0.15) is 0 Å². The molecule has 0 saturated carbocycles. The molecule has 2 nitrogen and oxygen atoms in total. The summed E-state index contributed by atoms with van der Waals surface area (Å²) in [5, 5.41) is 4.30. The van der Waals surface area contributed by atoms with Crippen molar-refractivity contribution < 1.29 is 0 Å². The summed E-state index contributed by atoms with van der Waals surface area (Å²) >= 11 is 6.18. The van der Waals surface area contributed by atoms with Crippen LogP contribution in [-0.2, 0) is 6.42 Å². The Balaban J connectivity index is 2.07. The summed E-state index contributed by atoms with van der Waals surface area (Å²) in [7, 11) is 4.07. The topological polar surface area (TPSA) is 15.3 Å². The van der Waals surface area contributed by atoms with Crippen molar-refractivity contribution >= 4 is 17.3 Å². The molecule has 0 radical (unpaired) electrons. The minimum absolute atomic E-state index is 0.778. The normalized spacial score (nSPS) is 20.3. The third-order valence-corrected chi connectivity index (χ3v) is 3.74. The maximum absolute atomic E-state index is 6.18. The molecular weight excluding hydrogens is 232 g/mol. The van der Waals surface area contributed by atoms with Crippen LogP contribution in [0, 0.1) is 5.92 Å². The van der Waals surface area contributed by atoms with E-state index in [1.54, 1.807) is 0 Å². The SMILES string of the molecule is CN(C)c1cc(CC2CCCNC2)ccc1Cl. The maximum atomic E-state index is 6.18. The predicted octanol–water partition coefficient (Wildman–Crippen LogP) is 2.95. The van der Waals surface area contributed by atoms with Crippen molar-refractivity contribution in [2.75, 3.05) is 32.1 Å². The number of piperidine rings is 1. The molecule has 1 unspecified atom stereocenters. The molecule has 1 atom stereocenters. The second kappa shape index (κ2) is 5.74. The zero-order chi connectivity index (χ0) is 12.3. The van der Waals surface area contributed by atoms with Crippen molar-refractivity contribution in [3.63, 3.8) is 0 Å². The van der Waals surface area contributed by atoms with E-state index in [1.807, 2.05) is 20.2 Å². The molecule has 1 heterocycles. The Kier molecular flexibility index (Phi) is 4.30. The van der Waals surface area contributed by atoms with Crippen molar-refractivity contribution in [2.24, 2.45) is 5.92 Å². The summed E-state index contributed by atoms with van der Waals surface area (Å²) in [5.41, 5.74) is 2.51. The molecule has 0 aromatic heterocycles. The molecule has 0 amide bonds. The molecule has 1 saturated heterocycles. The molecule has 94 valence electrons. The average molecular weight is 253 g/mol. The first-order valence-electron chi connectivity index (χ1n) is 6.33. The Hall–Kier alpha value is -0.730. The van der Waals surface area contributed by atoms with Gasteiger partial charge in [0.2, 0.25) is 0 Å². The Labute approximate surface area is 109 Å². The fourth-order valence-corrected chi connectivity index (χ4v) is 2.75. The van der Waals surface area contributed by atoms with E-state index in [2.05, 4.69) is 22.3 Å². The predicted molar refractivity (Wildman–Crippen MR) is 75.1 cm³/mol. The lowest BCUT2D eigenvalue weighted by molar-refractivity contribution is 0.376. The lowest BCUT2D eigenvalue weighted by Crippen LogP contribution is -2.30. The van der Waals surface area contributed by atoms with Gasteiger partial charge in [-0.3, -0.25) is 0 Å². The van der Waals surface area contributed by atoms with Gasteiger partial charge < -0.3 is 10.2 Å². The van der Waals surface area contributed by atoms with Crippen LogP contribution in [-0.4, -0.2) is 27.2 Å². The first kappa shape index (κ1) is 12.7. The molecule has 2 rings (SSSR count). The number of nitrogens with zero attached hydrogens (tertiary/aromatic N) is 1. The number of nitrogens with one attached hydrogen (secondary N) is 1. The van der Waals surface area contributed by atoms with Crippen molar-refractivity contribution in [1.82, 2.24) is 5.32 Å². The molecule has 1 aliphatic heterocycles. The fourth-order valence-electron chi connectivity index (χ4n) is 2.46. The second-order valence-electron chi connectivity index (χ2n) is 5.10. The van der Waals surface area contributed by atoms with Gasteiger partial charge in [0.05, 0.1) is 10.7 Å². The summed E-state index contributed by atoms with van der Waals surface area (Å²) in [6.45, 7) is 2.33. The van der Waals surface area contributed by atoms with E-state index in [4.69, 9.17) is 11.6 Å². The molecule has 1 aromatic carbocycles. The zero-order valence-corrected chi connectivity index (χ0v) is 11.4. The molecule has 1 N–H and O–H groups in total. The van der Waals surface area contributed by atoms with Crippen LogP contribution in [0.25, 0.3) is 0 Å². The molecule has 0 bridgehead atoms. The molecule has 17 heavy (non-hydrogen) atoms. The lowest BCUT2D eigenvalue weighted by Gasteiger charge is -2.23. The van der Waals surface area contributed by atoms with Crippen LogP contribution < -0.4 is 10.2 Å². The lowest BCUT2D eigenvalue weighted by atomic mass is 9.92. The number of rotatable bonds is 3. The van der Waals surface area contributed by atoms with Crippen LogP contribution >= 0.6 is 11.6 Å². The molecule has 1 aliphatic rings. The minimum Gasteiger partial charge on any atom is -0.376 e. The van der Waals surface area contributed by atoms with Crippen molar-refractivity contribution in [1.29, 1.82) is 0 Å². The zero-order valence-electron chi connectivity index (χ0n) is 10.7. The van der Waals surface area contributed by atoms with Crippen molar-refractivity contribution in [2.45, 2.75) is 19.3 Å². The highest BCUT2D eigenvalue weighted by molar-refractivity contribution is 6.33. The largest absolute Gasteiger partial charge is 0.376 e. The maximum Gasteiger partial charge on any atom is 0.0639 e. The Morgan fingerprint density at radius 1 is 1.41 bits per heavy atom. The van der Waals surface area contributed by atoms with E-state index in [9.17, 15) is 0 Å². The van der Waals surface area contributed by atoms with Gasteiger partial charge in [-0.1, -0.05) is 17.7 Å². The third-order valence-electron chi connectivity index (χ3n) is 3.42. The highest BCUT2D eigenvalue weighted by Crippen LogP contribution is 2.27. The van der Waals surface area contributed by atoms with Gasteiger partial charge in [0.15, 0.2) is 0 Å². The first-order valence-corrected chi connectivity index (χ1v) is 6.71. The highest BCUT2D eigenvalue weighted by atomic mass is 35.5. The monoisotopic (exact) mass is 252 g/mol. The van der Waals surface area contributed by atoms with Crippen LogP contribution in [0.4, 0.5) is 5.69 Å². The van der Waals surface area contributed by atoms with Crippen LogP contribution in [0.1, 0.15) is 18.4 Å². The van der Waals surface area contributed by atoms with Gasteiger partial charge in [0, 0.05) is 14.1 Å². The van der Waals surface area contributed by atoms with Gasteiger partial charge >= 0.3 is 0 Å². The van der Waals surface area contributed by atoms with Gasteiger partial charge in [-0.05, 0) is 56.0 Å². The van der Waals surface area contributed by atoms with Crippen molar-refractivity contribution in [3.05, 3.63) is 28.8 Å². The number of hydrogen-bond acceptors (Lipinski definition) is 2. The van der Waals surface area contributed by atoms with E-state index in [-0.39, 0.29) is 0 Å². The van der Waals surface area contributed by atoms with Crippen molar-refractivity contribution in [3.8, 4) is 0 Å². The summed E-state index contributed by atoms with van der Waals surface area (Å²) < 4.78 is 0. The van der Waals surface area contributed by atoms with Gasteiger partial charge in [0.25, 0.3) is 0 Å². The molecule has 0 spiro atoms. The summed E-state index contributed by atoms with van der Waals surface area (Å²) in [4.78, 5) is 2.07. The van der Waals surface area contributed by atoms with E-state index in [0.717, 1.165) is 29.6 Å². The van der Waals surface area contributed by atoms with Gasteiger partial charge in [-0.2, -0.15) is 0 Å². The summed E-state index contributed by atoms with van der Waals surface area (Å²) in [5.74, 6) is 0.778. The number of halogens is 1. The molecule has 1 fully saturated rings. The van der Waals surface area contributed by atoms with Crippen LogP contribution in [0.5, 0.6) is 0 Å². The Morgan fingerprint density at radius 3 is 2.88 bits per heavy atom. The van der Waals surface area contributed by atoms with E-state index in [1.165, 1.54) is 24.9 Å². The molecule has 0 aliphatic carbocycles. The van der Waals surface area contributed by atoms with Crippen LogP contribution in [0.2, 0.25) is 5.02 Å². The minimum atomic E-state index is 0.778. The van der Waals surface area contributed by atoms with E-state index >= 15 is 0 Å². The summed E-state index contributed by atoms with van der Waals surface area (Å²) in [6, 6.07) is 6.39. The number of benzene rings is 1. The van der Waals surface area contributed by atoms with Crippen LogP contribution in [0.15, 0.2) is 18.2 Å². The number of anilines is 1. The molecular formula is C14H21ClN2. The Morgan fingerprint density at radius 2 is 2.24 bits per heavy atom. The third kappa shape index (κ3) is 3.36. The smallest absolute Gasteiger partial charge is 0.0639 e. The van der Waals surface area contributed by atoms with Gasteiger partial charge in [-0.25, -0.2) is 0 Å². The first-order chi connectivity index (χ1) is 8.16. The average Bonchev–Trinajstić information content (AvgIpc) is 2.32. The van der Waals surface area contributed by atoms with E-state index in [0.29, 0.717) is 0 Å². The Bertz CT molecular complexity index is 370. The van der Waals surface area contributed by atoms with E-state index < -0.39 is 0 Å². The standard InChI is InChI=1S/C14H21ClN2/c1-17(2)14-9-11(5-6-13(14)15)8-12-4-3-7-16-10-12/h5-6,9,12,16H,3-4,7-8,10H2,1-2H3. The fraction of sp³-hybridized carbons (Fsp3) is 0.571. The molecule has 3 heteroatoms. The quantitative estimate of drug-likeness (QED) is 0.890. The number of hydrogen-bond donors (Lipinski definition) is 1. The van der Waals surface area contributed by atoms with Gasteiger partial charge in [-0.15, -0.1) is 0 Å². The molecule has 1 aromatic rings.